The van der Waals surface area contributed by atoms with E-state index in [2.05, 4.69) is 5.32 Å². The molecule has 2 fully saturated rings. The third-order valence-corrected chi connectivity index (χ3v) is 4.04. The van der Waals surface area contributed by atoms with Gasteiger partial charge in [0.15, 0.2) is 0 Å². The number of nitrogens with zero attached hydrogens (tertiary/aromatic N) is 1. The number of fused-ring (bicyclic) bond motifs is 2. The van der Waals surface area contributed by atoms with Crippen molar-refractivity contribution < 1.29 is 9.53 Å². The Morgan fingerprint density at radius 3 is 2.44 bits per heavy atom. The minimum absolute atomic E-state index is 0.0181. The molecule has 0 unspecified atom stereocenters. The molecule has 4 nitrogen and oxygen atoms in total. The fourth-order valence-electron chi connectivity index (χ4n) is 3.17. The molecule has 0 spiro atoms. The zero-order chi connectivity index (χ0) is 12.5. The first-order chi connectivity index (χ1) is 8.79. The van der Waals surface area contributed by atoms with Crippen LogP contribution >= 0.6 is 0 Å². The predicted octanol–water partition coefficient (Wildman–Crippen LogP) is 2.85. The van der Waals surface area contributed by atoms with Crippen molar-refractivity contribution in [1.82, 2.24) is 4.90 Å². The summed E-state index contributed by atoms with van der Waals surface area (Å²) in [5, 5.41) is 2.97. The number of benzene rings is 1. The first-order valence-electron chi connectivity index (χ1n) is 6.52. The SMILES string of the molecule is COc1ccccc1NC(=O)N1C2CCC1CC2. The third kappa shape index (κ3) is 1.82. The topological polar surface area (TPSA) is 41.6 Å². The number of nitrogens with one attached hydrogen (secondary N) is 1. The Hall–Kier alpha value is -1.71. The molecule has 0 aromatic heterocycles. The first kappa shape index (κ1) is 11.4. The van der Waals surface area contributed by atoms with E-state index in [1.54, 1.807) is 7.11 Å². The number of rotatable bonds is 2. The van der Waals surface area contributed by atoms with Gasteiger partial charge in [-0.3, -0.25) is 0 Å². The van der Waals surface area contributed by atoms with E-state index in [1.807, 2.05) is 29.2 Å². The van der Waals surface area contributed by atoms with Crippen molar-refractivity contribution in [3.63, 3.8) is 0 Å². The summed E-state index contributed by atoms with van der Waals surface area (Å²) in [5.74, 6) is 0.706. The van der Waals surface area contributed by atoms with Gasteiger partial charge < -0.3 is 15.0 Å². The highest BCUT2D eigenvalue weighted by atomic mass is 16.5. The van der Waals surface area contributed by atoms with Crippen molar-refractivity contribution in [3.8, 4) is 5.75 Å². The minimum Gasteiger partial charge on any atom is -0.495 e. The van der Waals surface area contributed by atoms with Crippen LogP contribution in [0.3, 0.4) is 0 Å². The zero-order valence-corrected chi connectivity index (χ0v) is 10.6. The van der Waals surface area contributed by atoms with Crippen molar-refractivity contribution in [2.45, 2.75) is 37.8 Å². The van der Waals surface area contributed by atoms with Crippen LogP contribution in [0, 0.1) is 0 Å². The van der Waals surface area contributed by atoms with E-state index in [0.717, 1.165) is 31.4 Å². The maximum atomic E-state index is 12.3. The smallest absolute Gasteiger partial charge is 0.322 e. The number of methoxy groups -OCH3 is 1. The fourth-order valence-corrected chi connectivity index (χ4v) is 3.17. The number of para-hydroxylation sites is 2. The molecule has 0 aliphatic carbocycles. The van der Waals surface area contributed by atoms with Crippen molar-refractivity contribution in [3.05, 3.63) is 24.3 Å². The monoisotopic (exact) mass is 246 g/mol. The van der Waals surface area contributed by atoms with E-state index < -0.39 is 0 Å². The minimum atomic E-state index is 0.0181. The molecule has 2 aliphatic rings. The second-order valence-electron chi connectivity index (χ2n) is 5.00. The van der Waals surface area contributed by atoms with Gasteiger partial charge >= 0.3 is 6.03 Å². The van der Waals surface area contributed by atoms with E-state index in [-0.39, 0.29) is 6.03 Å². The van der Waals surface area contributed by atoms with Crippen molar-refractivity contribution in [1.29, 1.82) is 0 Å². The van der Waals surface area contributed by atoms with Gasteiger partial charge in [-0.05, 0) is 37.8 Å². The number of urea groups is 1. The average Bonchev–Trinajstić information content (AvgIpc) is 2.99. The van der Waals surface area contributed by atoms with Crippen LogP contribution in [-0.4, -0.2) is 30.1 Å². The van der Waals surface area contributed by atoms with Gasteiger partial charge in [-0.15, -0.1) is 0 Å². The highest BCUT2D eigenvalue weighted by Gasteiger charge is 2.42. The largest absolute Gasteiger partial charge is 0.495 e. The number of carbonyl (C=O) groups excluding carboxylic acids is 1. The van der Waals surface area contributed by atoms with Gasteiger partial charge in [-0.2, -0.15) is 0 Å². The molecule has 2 heterocycles. The molecule has 1 aromatic carbocycles. The lowest BCUT2D eigenvalue weighted by molar-refractivity contribution is 0.205. The van der Waals surface area contributed by atoms with Crippen LogP contribution in [0.5, 0.6) is 5.75 Å². The number of ether oxygens (including phenoxy) is 1. The summed E-state index contributed by atoms with van der Waals surface area (Å²) in [5.41, 5.74) is 0.747. The summed E-state index contributed by atoms with van der Waals surface area (Å²) in [6, 6.07) is 8.44. The molecule has 18 heavy (non-hydrogen) atoms. The molecule has 4 heteroatoms. The van der Waals surface area contributed by atoms with Crippen LogP contribution in [0.15, 0.2) is 24.3 Å². The van der Waals surface area contributed by atoms with E-state index in [9.17, 15) is 4.79 Å². The Labute approximate surface area is 107 Å². The molecular formula is C14H18N2O2. The lowest BCUT2D eigenvalue weighted by atomic mass is 10.0. The summed E-state index contributed by atoms with van der Waals surface area (Å²) >= 11 is 0. The Bertz CT molecular complexity index is 441. The fraction of sp³-hybridized carbons (Fsp3) is 0.500. The molecule has 96 valence electrons. The van der Waals surface area contributed by atoms with Crippen LogP contribution in [0.4, 0.5) is 10.5 Å². The number of hydrogen-bond acceptors (Lipinski definition) is 2. The van der Waals surface area contributed by atoms with E-state index in [4.69, 9.17) is 4.74 Å². The van der Waals surface area contributed by atoms with Crippen LogP contribution in [0.1, 0.15) is 25.7 Å². The normalized spacial score (nSPS) is 25.3. The Morgan fingerprint density at radius 1 is 1.22 bits per heavy atom. The van der Waals surface area contributed by atoms with Crippen molar-refractivity contribution in [2.24, 2.45) is 0 Å². The van der Waals surface area contributed by atoms with Gasteiger partial charge in [0.1, 0.15) is 5.75 Å². The molecular weight excluding hydrogens is 228 g/mol. The van der Waals surface area contributed by atoms with Gasteiger partial charge in [0.25, 0.3) is 0 Å². The zero-order valence-electron chi connectivity index (χ0n) is 10.6. The van der Waals surface area contributed by atoms with Crippen LogP contribution in [0.25, 0.3) is 0 Å². The van der Waals surface area contributed by atoms with Crippen molar-refractivity contribution >= 4 is 11.7 Å². The lowest BCUT2D eigenvalue weighted by Gasteiger charge is -2.23. The molecule has 2 amide bonds. The van der Waals surface area contributed by atoms with E-state index >= 15 is 0 Å². The molecule has 1 N–H and O–H groups in total. The van der Waals surface area contributed by atoms with Gasteiger partial charge in [-0.25, -0.2) is 4.79 Å². The Kier molecular flexibility index (Phi) is 2.86. The summed E-state index contributed by atoms with van der Waals surface area (Å²) < 4.78 is 5.24. The van der Waals surface area contributed by atoms with E-state index in [1.165, 1.54) is 0 Å². The number of carbonyl (C=O) groups is 1. The Balaban J connectivity index is 1.75. The van der Waals surface area contributed by atoms with Crippen LogP contribution in [0.2, 0.25) is 0 Å². The number of anilines is 1. The average molecular weight is 246 g/mol. The van der Waals surface area contributed by atoms with Crippen LogP contribution in [-0.2, 0) is 0 Å². The predicted molar refractivity (Wildman–Crippen MR) is 69.9 cm³/mol. The van der Waals surface area contributed by atoms with E-state index in [0.29, 0.717) is 17.8 Å². The molecule has 0 atom stereocenters. The maximum absolute atomic E-state index is 12.3. The molecule has 3 rings (SSSR count). The molecule has 2 bridgehead atoms. The summed E-state index contributed by atoms with van der Waals surface area (Å²) in [4.78, 5) is 14.3. The molecule has 2 saturated heterocycles. The molecule has 0 saturated carbocycles. The quantitative estimate of drug-likeness (QED) is 0.871. The second-order valence-corrected chi connectivity index (χ2v) is 5.00. The highest BCUT2D eigenvalue weighted by molar-refractivity contribution is 5.91. The molecule has 1 aromatic rings. The third-order valence-electron chi connectivity index (χ3n) is 4.04. The van der Waals surface area contributed by atoms with Gasteiger partial charge in [0.05, 0.1) is 12.8 Å². The summed E-state index contributed by atoms with van der Waals surface area (Å²) in [6.07, 6.45) is 4.63. The van der Waals surface area contributed by atoms with Gasteiger partial charge in [-0.1, -0.05) is 12.1 Å². The second kappa shape index (κ2) is 4.52. The van der Waals surface area contributed by atoms with Crippen molar-refractivity contribution in [2.75, 3.05) is 12.4 Å². The van der Waals surface area contributed by atoms with Crippen LogP contribution < -0.4 is 10.1 Å². The standard InChI is InChI=1S/C14H18N2O2/c1-18-13-5-3-2-4-12(13)15-14(17)16-10-6-7-11(16)9-8-10/h2-5,10-11H,6-9H2,1H3,(H,15,17). The first-order valence-corrected chi connectivity index (χ1v) is 6.52. The number of hydrogen-bond donors (Lipinski definition) is 1. The maximum Gasteiger partial charge on any atom is 0.322 e. The summed E-state index contributed by atoms with van der Waals surface area (Å²) in [6.45, 7) is 0. The lowest BCUT2D eigenvalue weighted by Crippen LogP contribution is -2.38. The van der Waals surface area contributed by atoms with Gasteiger partial charge in [0, 0.05) is 12.1 Å². The number of amides is 2. The molecule has 0 radical (unpaired) electrons. The van der Waals surface area contributed by atoms with Gasteiger partial charge in [0.2, 0.25) is 0 Å². The Morgan fingerprint density at radius 2 is 1.83 bits per heavy atom. The summed E-state index contributed by atoms with van der Waals surface area (Å²) in [7, 11) is 1.62. The molecule has 2 aliphatic heterocycles. The highest BCUT2D eigenvalue weighted by Crippen LogP contribution is 2.38.